The van der Waals surface area contributed by atoms with Crippen LogP contribution in [0.2, 0.25) is 0 Å². The first-order valence-corrected chi connectivity index (χ1v) is 18.9. The van der Waals surface area contributed by atoms with Crippen LogP contribution in [0.5, 0.6) is 0 Å². The molecule has 0 atom stereocenters. The third-order valence-electron chi connectivity index (χ3n) is 11.4. The minimum absolute atomic E-state index is 0.848. The molecule has 2 aliphatic carbocycles. The summed E-state index contributed by atoms with van der Waals surface area (Å²) in [5.41, 5.74) is 13.7. The number of hydrogen-bond donors (Lipinski definition) is 0. The van der Waals surface area contributed by atoms with Crippen molar-refractivity contribution in [2.75, 3.05) is 4.90 Å². The van der Waals surface area contributed by atoms with Gasteiger partial charge in [-0.3, -0.25) is 0 Å². The molecule has 3 aliphatic rings. The van der Waals surface area contributed by atoms with Crippen LogP contribution in [0.3, 0.4) is 0 Å². The molecule has 8 aromatic rings. The van der Waals surface area contributed by atoms with E-state index in [1.54, 1.807) is 0 Å². The van der Waals surface area contributed by atoms with Gasteiger partial charge in [0.15, 0.2) is 0 Å². The van der Waals surface area contributed by atoms with Gasteiger partial charge in [-0.1, -0.05) is 140 Å². The van der Waals surface area contributed by atoms with E-state index in [9.17, 15) is 0 Å². The van der Waals surface area contributed by atoms with Gasteiger partial charge >= 0.3 is 0 Å². The Morgan fingerprint density at radius 2 is 1.22 bits per heavy atom. The van der Waals surface area contributed by atoms with E-state index in [1.165, 1.54) is 93.5 Å². The van der Waals surface area contributed by atoms with Crippen LogP contribution in [0.4, 0.5) is 11.4 Å². The number of rotatable bonds is 4. The Bertz CT molecular complexity index is 3090. The van der Waals surface area contributed by atoms with E-state index in [4.69, 9.17) is 0 Å². The van der Waals surface area contributed by atoms with Gasteiger partial charge in [0.25, 0.3) is 0 Å². The lowest BCUT2D eigenvalue weighted by Crippen LogP contribution is -2.35. The van der Waals surface area contributed by atoms with Gasteiger partial charge in [0.2, 0.25) is 0 Å². The molecule has 54 heavy (non-hydrogen) atoms. The van der Waals surface area contributed by atoms with Crippen molar-refractivity contribution in [3.63, 3.8) is 0 Å². The summed E-state index contributed by atoms with van der Waals surface area (Å²) in [6, 6.07) is 56.1. The molecule has 2 heterocycles. The van der Waals surface area contributed by atoms with Gasteiger partial charge in [-0.05, 0) is 110 Å². The minimum atomic E-state index is 0.848. The molecule has 0 radical (unpaired) electrons. The first-order chi connectivity index (χ1) is 26.8. The van der Waals surface area contributed by atoms with Crippen molar-refractivity contribution in [3.05, 3.63) is 210 Å². The van der Waals surface area contributed by atoms with Crippen LogP contribution in [0.1, 0.15) is 24.0 Å². The summed E-state index contributed by atoms with van der Waals surface area (Å²) in [6.45, 7) is 0. The monoisotopic (exact) mass is 688 g/mol. The molecule has 254 valence electrons. The van der Waals surface area contributed by atoms with Crippen LogP contribution in [-0.2, 0) is 0 Å². The Kier molecular flexibility index (Phi) is 7.03. The third-order valence-corrected chi connectivity index (χ3v) is 11.4. The van der Waals surface area contributed by atoms with Crippen LogP contribution >= 0.6 is 0 Å². The number of anilines is 2. The van der Waals surface area contributed by atoms with Gasteiger partial charge in [-0.2, -0.15) is 0 Å². The van der Waals surface area contributed by atoms with Crippen LogP contribution < -0.4 is 15.5 Å². The molecule has 7 aromatic carbocycles. The second kappa shape index (κ2) is 12.4. The lowest BCUT2D eigenvalue weighted by atomic mass is 9.92. The van der Waals surface area contributed by atoms with Gasteiger partial charge in [-0.25, -0.2) is 0 Å². The van der Waals surface area contributed by atoms with E-state index in [0.717, 1.165) is 18.5 Å². The smallest absolute Gasteiger partial charge is 0.0559 e. The SMILES string of the molecule is C1=CCC=C(c2ccc3cc(N4C5=c6c(n(-c7ccc(-c8ccc9ccccc9c8)cc7)c7ccccc67)=CC=C(C5)c5ccccc54)ccc3c2)C=C1. The molecule has 2 nitrogen and oxygen atoms in total. The van der Waals surface area contributed by atoms with Crippen molar-refractivity contribution in [1.29, 1.82) is 0 Å². The molecule has 0 spiro atoms. The molecule has 0 saturated carbocycles. The standard InChI is InChI=1S/C52H36N2/c1-2-4-12-35(11-3-1)39-21-22-42-33-45(29-25-41(42)32-39)54-48-17-9-7-15-46(48)43-26-30-50-52(51(54)34-43)47-16-8-10-18-49(47)53(50)44-27-23-37(24-28-44)40-20-19-36-13-5-6-14-38(36)31-40/h1-3,5-33H,4,34H2. The van der Waals surface area contributed by atoms with E-state index in [0.29, 0.717) is 0 Å². The van der Waals surface area contributed by atoms with Gasteiger partial charge in [0, 0.05) is 39.7 Å². The van der Waals surface area contributed by atoms with Crippen LogP contribution in [0.25, 0.3) is 72.2 Å². The van der Waals surface area contributed by atoms with Crippen molar-refractivity contribution >= 4 is 66.7 Å². The Hall–Kier alpha value is -6.90. The molecule has 2 heteroatoms. The summed E-state index contributed by atoms with van der Waals surface area (Å²) in [5.74, 6) is 0. The van der Waals surface area contributed by atoms with Gasteiger partial charge in [-0.15, -0.1) is 0 Å². The van der Waals surface area contributed by atoms with Crippen molar-refractivity contribution in [3.8, 4) is 16.8 Å². The molecule has 1 aliphatic heterocycles. The predicted molar refractivity (Wildman–Crippen MR) is 229 cm³/mol. The van der Waals surface area contributed by atoms with Crippen molar-refractivity contribution in [2.45, 2.75) is 12.8 Å². The van der Waals surface area contributed by atoms with E-state index in [-0.39, 0.29) is 0 Å². The van der Waals surface area contributed by atoms with Gasteiger partial charge in [0.05, 0.1) is 16.6 Å². The zero-order chi connectivity index (χ0) is 35.6. The first-order valence-electron chi connectivity index (χ1n) is 18.9. The number of benzene rings is 7. The molecule has 0 N–H and O–H groups in total. The molecule has 0 fully saturated rings. The Morgan fingerprint density at radius 1 is 0.519 bits per heavy atom. The van der Waals surface area contributed by atoms with E-state index in [2.05, 4.69) is 204 Å². The summed E-state index contributed by atoms with van der Waals surface area (Å²) < 4.78 is 2.45. The summed E-state index contributed by atoms with van der Waals surface area (Å²) in [6.07, 6.45) is 17.5. The normalized spacial score (nSPS) is 14.7. The second-order valence-corrected chi connectivity index (χ2v) is 14.5. The molecular formula is C52H36N2. The second-order valence-electron chi connectivity index (χ2n) is 14.5. The summed E-state index contributed by atoms with van der Waals surface area (Å²) in [7, 11) is 0. The highest BCUT2D eigenvalue weighted by molar-refractivity contribution is 6.02. The highest BCUT2D eigenvalue weighted by atomic mass is 15.2. The fourth-order valence-electron chi connectivity index (χ4n) is 8.78. The van der Waals surface area contributed by atoms with Gasteiger partial charge in [0.1, 0.15) is 0 Å². The molecule has 0 unspecified atom stereocenters. The predicted octanol–water partition coefficient (Wildman–Crippen LogP) is 12.0. The fraction of sp³-hybridized carbons (Fsp3) is 0.0385. The molecule has 0 saturated heterocycles. The summed E-state index contributed by atoms with van der Waals surface area (Å²) in [4.78, 5) is 2.53. The zero-order valence-corrected chi connectivity index (χ0v) is 29.8. The Labute approximate surface area is 314 Å². The van der Waals surface area contributed by atoms with Crippen molar-refractivity contribution in [1.82, 2.24) is 4.57 Å². The maximum absolute atomic E-state index is 2.53. The number of nitrogens with zero attached hydrogens (tertiary/aromatic N) is 2. The van der Waals surface area contributed by atoms with Crippen LogP contribution in [-0.4, -0.2) is 4.57 Å². The largest absolute Gasteiger partial charge is 0.313 e. The molecule has 0 amide bonds. The Balaban J connectivity index is 1.09. The molecular weight excluding hydrogens is 653 g/mol. The molecule has 1 aromatic heterocycles. The van der Waals surface area contributed by atoms with Crippen LogP contribution in [0.15, 0.2) is 188 Å². The number of allylic oxidation sites excluding steroid dienone is 7. The Morgan fingerprint density at radius 3 is 2.17 bits per heavy atom. The van der Waals surface area contributed by atoms with Crippen molar-refractivity contribution < 1.29 is 0 Å². The van der Waals surface area contributed by atoms with Crippen LogP contribution in [0, 0.1) is 0 Å². The highest BCUT2D eigenvalue weighted by Crippen LogP contribution is 2.45. The van der Waals surface area contributed by atoms with E-state index in [1.807, 2.05) is 0 Å². The summed E-state index contributed by atoms with van der Waals surface area (Å²) in [5, 5.41) is 8.78. The maximum Gasteiger partial charge on any atom is 0.0559 e. The zero-order valence-electron chi connectivity index (χ0n) is 29.8. The molecule has 11 rings (SSSR count). The first kappa shape index (κ1) is 30.7. The molecule has 2 bridgehead atoms. The van der Waals surface area contributed by atoms with E-state index >= 15 is 0 Å². The highest BCUT2D eigenvalue weighted by Gasteiger charge is 2.29. The third kappa shape index (κ3) is 4.95. The topological polar surface area (TPSA) is 8.17 Å². The average molecular weight is 689 g/mol. The fourth-order valence-corrected chi connectivity index (χ4v) is 8.78. The number of fused-ring (bicyclic) bond motifs is 9. The lowest BCUT2D eigenvalue weighted by Gasteiger charge is -2.35. The van der Waals surface area contributed by atoms with Gasteiger partial charge < -0.3 is 9.47 Å². The quantitative estimate of drug-likeness (QED) is 0.179. The average Bonchev–Trinajstić information content (AvgIpc) is 3.37. The maximum atomic E-state index is 2.53. The number of aromatic nitrogens is 1. The minimum Gasteiger partial charge on any atom is -0.313 e. The summed E-state index contributed by atoms with van der Waals surface area (Å²) >= 11 is 0. The van der Waals surface area contributed by atoms with E-state index < -0.39 is 0 Å². The number of para-hydroxylation sites is 2. The number of hydrogen-bond acceptors (Lipinski definition) is 1. The van der Waals surface area contributed by atoms with Crippen molar-refractivity contribution in [2.24, 2.45) is 0 Å². The lowest BCUT2D eigenvalue weighted by molar-refractivity contribution is 1.06.